The van der Waals surface area contributed by atoms with Crippen LogP contribution in [0.15, 0.2) is 47.5 Å². The van der Waals surface area contributed by atoms with Gasteiger partial charge in [-0.1, -0.05) is 6.07 Å². The Labute approximate surface area is 207 Å². The van der Waals surface area contributed by atoms with Crippen molar-refractivity contribution in [3.05, 3.63) is 70.0 Å². The number of nitrogens with zero attached hydrogens (tertiary/aromatic N) is 7. The maximum Gasteiger partial charge on any atom is 0.281 e. The Hall–Kier alpha value is -4.25. The topological polar surface area (TPSA) is 94.3 Å². The summed E-state index contributed by atoms with van der Waals surface area (Å²) in [7, 11) is 1.87. The molecule has 0 N–H and O–H groups in total. The Morgan fingerprint density at radius 3 is 2.64 bits per heavy atom. The molecule has 8 nitrogen and oxygen atoms in total. The zero-order chi connectivity index (χ0) is 24.6. The van der Waals surface area contributed by atoms with Crippen LogP contribution in [0.4, 0.5) is 0 Å². The van der Waals surface area contributed by atoms with Gasteiger partial charge in [-0.15, -0.1) is 0 Å². The summed E-state index contributed by atoms with van der Waals surface area (Å²) in [6.45, 7) is 2.74. The first-order valence-corrected chi connectivity index (χ1v) is 12.5. The lowest BCUT2D eigenvalue weighted by atomic mass is 10.1. The molecular weight excluding hydrogens is 450 g/mol. The molecule has 0 radical (unpaired) electrons. The molecule has 8 heteroatoms. The molecule has 0 bridgehead atoms. The van der Waals surface area contributed by atoms with Crippen LogP contribution in [0.1, 0.15) is 48.6 Å². The molecular formula is C28H25N7O. The molecule has 5 aromatic rings. The first kappa shape index (κ1) is 21.1. The van der Waals surface area contributed by atoms with Crippen LogP contribution < -0.4 is 5.56 Å². The second-order valence-corrected chi connectivity index (χ2v) is 10.2. The van der Waals surface area contributed by atoms with Crippen LogP contribution in [-0.2, 0) is 13.6 Å². The predicted octanol–water partition coefficient (Wildman–Crippen LogP) is 4.60. The fourth-order valence-electron chi connectivity index (χ4n) is 5.22. The second-order valence-electron chi connectivity index (χ2n) is 10.2. The van der Waals surface area contributed by atoms with E-state index in [9.17, 15) is 10.1 Å². The molecule has 0 spiro atoms. The number of hydrogen-bond donors (Lipinski definition) is 0. The van der Waals surface area contributed by atoms with Gasteiger partial charge in [0.1, 0.15) is 17.1 Å². The van der Waals surface area contributed by atoms with Crippen LogP contribution in [0.5, 0.6) is 0 Å². The molecule has 2 saturated carbocycles. The Bertz CT molecular complexity index is 1770. The highest BCUT2D eigenvalue weighted by atomic mass is 16.1. The van der Waals surface area contributed by atoms with Gasteiger partial charge in [0.05, 0.1) is 22.3 Å². The smallest absolute Gasteiger partial charge is 0.281 e. The molecule has 4 heterocycles. The van der Waals surface area contributed by atoms with Crippen molar-refractivity contribution in [2.75, 3.05) is 0 Å². The van der Waals surface area contributed by atoms with E-state index in [0.29, 0.717) is 34.2 Å². The van der Waals surface area contributed by atoms with Gasteiger partial charge < -0.3 is 4.57 Å². The molecule has 0 saturated heterocycles. The summed E-state index contributed by atoms with van der Waals surface area (Å²) < 4.78 is 5.32. The fourth-order valence-corrected chi connectivity index (χ4v) is 5.22. The van der Waals surface area contributed by atoms with Crippen molar-refractivity contribution < 1.29 is 0 Å². The van der Waals surface area contributed by atoms with Crippen molar-refractivity contribution in [1.29, 1.82) is 5.26 Å². The van der Waals surface area contributed by atoms with Crippen molar-refractivity contribution in [3.63, 3.8) is 0 Å². The minimum absolute atomic E-state index is 0.217. The van der Waals surface area contributed by atoms with Crippen molar-refractivity contribution >= 4 is 21.9 Å². The first-order valence-electron chi connectivity index (χ1n) is 12.5. The van der Waals surface area contributed by atoms with E-state index < -0.39 is 0 Å². The number of nitriles is 1. The number of hydrogen-bond acceptors (Lipinski definition) is 5. The summed E-state index contributed by atoms with van der Waals surface area (Å²) in [5.74, 6) is 1.11. The largest absolute Gasteiger partial charge is 0.341 e. The van der Waals surface area contributed by atoms with E-state index in [1.54, 1.807) is 4.68 Å². The van der Waals surface area contributed by atoms with Crippen molar-refractivity contribution in [2.45, 2.75) is 45.1 Å². The Morgan fingerprint density at radius 2 is 1.94 bits per heavy atom. The average molecular weight is 476 g/mol. The molecule has 1 aromatic carbocycles. The molecule has 0 atom stereocenters. The monoisotopic (exact) mass is 475 g/mol. The molecule has 2 aliphatic carbocycles. The Morgan fingerprint density at radius 1 is 1.11 bits per heavy atom. The molecule has 178 valence electrons. The number of rotatable bonds is 5. The summed E-state index contributed by atoms with van der Waals surface area (Å²) in [6.07, 6.45) is 8.41. The minimum atomic E-state index is -0.217. The van der Waals surface area contributed by atoms with Gasteiger partial charge in [0.25, 0.3) is 5.56 Å². The average Bonchev–Trinajstić information content (AvgIpc) is 3.80. The zero-order valence-corrected chi connectivity index (χ0v) is 20.3. The lowest BCUT2D eigenvalue weighted by Gasteiger charge is -2.13. The first-order chi connectivity index (χ1) is 17.5. The normalized spacial score (nSPS) is 15.6. The summed E-state index contributed by atoms with van der Waals surface area (Å²) in [4.78, 5) is 18.9. The number of pyridine rings is 1. The van der Waals surface area contributed by atoms with E-state index in [2.05, 4.69) is 15.7 Å². The maximum atomic E-state index is 14.2. The summed E-state index contributed by atoms with van der Waals surface area (Å²) >= 11 is 0. The predicted molar refractivity (Wildman–Crippen MR) is 137 cm³/mol. The van der Waals surface area contributed by atoms with Gasteiger partial charge in [-0.05, 0) is 62.8 Å². The van der Waals surface area contributed by atoms with E-state index >= 15 is 0 Å². The number of fused-ring (bicyclic) bond motifs is 2. The van der Waals surface area contributed by atoms with Crippen LogP contribution in [0, 0.1) is 24.2 Å². The lowest BCUT2D eigenvalue weighted by molar-refractivity contribution is 0.632. The summed E-state index contributed by atoms with van der Waals surface area (Å²) in [6, 6.07) is 12.1. The molecule has 36 heavy (non-hydrogen) atoms. The third-order valence-corrected chi connectivity index (χ3v) is 7.51. The van der Waals surface area contributed by atoms with E-state index in [-0.39, 0.29) is 5.56 Å². The quantitative estimate of drug-likeness (QED) is 0.370. The molecule has 7 rings (SSSR count). The molecule has 0 unspecified atom stereocenters. The maximum absolute atomic E-state index is 14.2. The minimum Gasteiger partial charge on any atom is -0.341 e. The van der Waals surface area contributed by atoms with E-state index in [1.807, 2.05) is 56.7 Å². The molecule has 2 fully saturated rings. The van der Waals surface area contributed by atoms with Crippen LogP contribution >= 0.6 is 0 Å². The fraction of sp³-hybridized carbons (Fsp3) is 0.321. The van der Waals surface area contributed by atoms with Gasteiger partial charge in [-0.2, -0.15) is 20.1 Å². The molecule has 0 aliphatic heterocycles. The highest BCUT2D eigenvalue weighted by molar-refractivity contribution is 5.96. The van der Waals surface area contributed by atoms with Crippen molar-refractivity contribution in [2.24, 2.45) is 13.0 Å². The van der Waals surface area contributed by atoms with Gasteiger partial charge in [-0.25, -0.2) is 0 Å². The molecule has 2 aliphatic rings. The number of aromatic nitrogens is 6. The van der Waals surface area contributed by atoms with Crippen LogP contribution in [0.25, 0.3) is 38.8 Å². The van der Waals surface area contributed by atoms with Gasteiger partial charge >= 0.3 is 0 Å². The summed E-state index contributed by atoms with van der Waals surface area (Å²) in [5, 5.41) is 20.3. The summed E-state index contributed by atoms with van der Waals surface area (Å²) in [5.41, 5.74) is 6.32. The van der Waals surface area contributed by atoms with Crippen molar-refractivity contribution in [1.82, 2.24) is 29.1 Å². The van der Waals surface area contributed by atoms with Gasteiger partial charge in [0.15, 0.2) is 0 Å². The van der Waals surface area contributed by atoms with Gasteiger partial charge in [0.2, 0.25) is 0 Å². The highest BCUT2D eigenvalue weighted by Gasteiger charge is 2.29. The van der Waals surface area contributed by atoms with E-state index in [0.717, 1.165) is 39.9 Å². The highest BCUT2D eigenvalue weighted by Crippen LogP contribution is 2.40. The standard InChI is InChI=1S/C28H25N7O/c1-16-22(12-29)26-27(34(16)14-17-3-4-17)25(19-7-9-23(30-13-19)18-5-6-18)28(36)35(32-26)21-8-10-24-20(11-21)15-33(2)31-24/h7-11,13,15,17-18H,3-6,14H2,1-2H3. The Kier molecular flexibility index (Phi) is 4.46. The Balaban J connectivity index is 1.53. The number of benzene rings is 1. The van der Waals surface area contributed by atoms with Crippen LogP contribution in [0.3, 0.4) is 0 Å². The second kappa shape index (κ2) is 7.62. The van der Waals surface area contributed by atoms with Gasteiger partial charge in [-0.3, -0.25) is 14.5 Å². The van der Waals surface area contributed by atoms with Crippen molar-refractivity contribution in [3.8, 4) is 22.9 Å². The van der Waals surface area contributed by atoms with E-state index in [1.165, 1.54) is 30.4 Å². The van der Waals surface area contributed by atoms with E-state index in [4.69, 9.17) is 10.1 Å². The SMILES string of the molecule is Cc1c(C#N)c2nn(-c3ccc4nn(C)cc4c3)c(=O)c(-c3ccc(C4CC4)nc3)c2n1CC1CC1. The number of aryl methyl sites for hydroxylation is 1. The van der Waals surface area contributed by atoms with Gasteiger partial charge in [0, 0.05) is 54.2 Å². The van der Waals surface area contributed by atoms with Crippen LogP contribution in [0.2, 0.25) is 0 Å². The third-order valence-electron chi connectivity index (χ3n) is 7.51. The lowest BCUT2D eigenvalue weighted by Crippen LogP contribution is -2.24. The molecule has 0 amide bonds. The third kappa shape index (κ3) is 3.27. The zero-order valence-electron chi connectivity index (χ0n) is 20.3. The van der Waals surface area contributed by atoms with Crippen LogP contribution in [-0.4, -0.2) is 29.1 Å². The molecule has 4 aromatic heterocycles.